The Labute approximate surface area is 135 Å². The Hall–Kier alpha value is -2.49. The molecule has 1 saturated carbocycles. The number of rotatable bonds is 4. The molecule has 0 aromatic heterocycles. The highest BCUT2D eigenvalue weighted by Gasteiger charge is 2.75. The molecule has 0 N–H and O–H groups in total. The maximum absolute atomic E-state index is 12.5. The minimum atomic E-state index is -1.40. The molecule has 1 heterocycles. The summed E-state index contributed by atoms with van der Waals surface area (Å²) in [5.41, 5.74) is -0.685. The van der Waals surface area contributed by atoms with Gasteiger partial charge in [-0.15, -0.1) is 0 Å². The van der Waals surface area contributed by atoms with Crippen LogP contribution in [-0.2, 0) is 9.53 Å². The van der Waals surface area contributed by atoms with Crippen LogP contribution < -0.4 is 9.47 Å². The first-order valence-corrected chi connectivity index (χ1v) is 7.96. The summed E-state index contributed by atoms with van der Waals surface area (Å²) in [5.74, 6) is -0.642. The van der Waals surface area contributed by atoms with Crippen molar-refractivity contribution in [1.29, 1.82) is 0 Å². The van der Waals surface area contributed by atoms with Crippen LogP contribution in [0.25, 0.3) is 0 Å². The molecule has 0 unspecified atom stereocenters. The molecular formula is C19H18O4. The summed E-state index contributed by atoms with van der Waals surface area (Å²) in [6.07, 6.45) is 3.54. The fraction of sp³-hybridized carbons (Fsp3) is 0.316. The average molecular weight is 310 g/mol. The first-order chi connectivity index (χ1) is 11.2. The van der Waals surface area contributed by atoms with Crippen LogP contribution in [0.15, 0.2) is 60.7 Å². The van der Waals surface area contributed by atoms with Gasteiger partial charge in [0.1, 0.15) is 11.5 Å². The molecule has 4 heteroatoms. The molecule has 2 aromatic rings. The molecule has 1 aliphatic heterocycles. The topological polar surface area (TPSA) is 44.8 Å². The zero-order chi connectivity index (χ0) is 15.8. The van der Waals surface area contributed by atoms with Crippen molar-refractivity contribution in [2.75, 3.05) is 0 Å². The van der Waals surface area contributed by atoms with Gasteiger partial charge in [0.15, 0.2) is 0 Å². The minimum absolute atomic E-state index is 0.452. The highest BCUT2D eigenvalue weighted by molar-refractivity contribution is 5.87. The van der Waals surface area contributed by atoms with Gasteiger partial charge in [-0.25, -0.2) is 4.79 Å². The van der Waals surface area contributed by atoms with Gasteiger partial charge in [-0.3, -0.25) is 0 Å². The van der Waals surface area contributed by atoms with Crippen molar-refractivity contribution < 1.29 is 19.0 Å². The van der Waals surface area contributed by atoms with E-state index < -0.39 is 17.4 Å². The van der Waals surface area contributed by atoms with E-state index in [0.717, 1.165) is 25.7 Å². The van der Waals surface area contributed by atoms with Gasteiger partial charge in [-0.05, 0) is 49.9 Å². The van der Waals surface area contributed by atoms with Crippen LogP contribution in [-0.4, -0.2) is 17.4 Å². The van der Waals surface area contributed by atoms with Gasteiger partial charge in [0.25, 0.3) is 0 Å². The summed E-state index contributed by atoms with van der Waals surface area (Å²) in [6.45, 7) is 0. The van der Waals surface area contributed by atoms with Crippen LogP contribution in [0.1, 0.15) is 25.7 Å². The Bertz CT molecular complexity index is 648. The van der Waals surface area contributed by atoms with Crippen LogP contribution in [0, 0.1) is 0 Å². The van der Waals surface area contributed by atoms with E-state index in [1.165, 1.54) is 0 Å². The van der Waals surface area contributed by atoms with Crippen LogP contribution in [0.4, 0.5) is 0 Å². The molecule has 0 atom stereocenters. The molecule has 2 aromatic carbocycles. The predicted molar refractivity (Wildman–Crippen MR) is 84.2 cm³/mol. The lowest BCUT2D eigenvalue weighted by Crippen LogP contribution is -2.77. The van der Waals surface area contributed by atoms with Crippen molar-refractivity contribution in [2.24, 2.45) is 0 Å². The van der Waals surface area contributed by atoms with E-state index in [0.29, 0.717) is 11.5 Å². The molecule has 0 amide bonds. The molecule has 1 spiro atoms. The lowest BCUT2D eigenvalue weighted by molar-refractivity contribution is -0.316. The minimum Gasteiger partial charge on any atom is -0.444 e. The first kappa shape index (κ1) is 14.1. The second kappa shape index (κ2) is 5.30. The van der Waals surface area contributed by atoms with E-state index in [-0.39, 0.29) is 0 Å². The van der Waals surface area contributed by atoms with Crippen LogP contribution in [0.2, 0.25) is 0 Å². The van der Waals surface area contributed by atoms with Gasteiger partial charge >= 0.3 is 11.8 Å². The number of esters is 1. The van der Waals surface area contributed by atoms with E-state index >= 15 is 0 Å². The monoisotopic (exact) mass is 310 g/mol. The van der Waals surface area contributed by atoms with Crippen molar-refractivity contribution in [3.8, 4) is 11.5 Å². The highest BCUT2D eigenvalue weighted by Crippen LogP contribution is 2.52. The van der Waals surface area contributed by atoms with Gasteiger partial charge in [0.05, 0.1) is 0 Å². The van der Waals surface area contributed by atoms with Gasteiger partial charge < -0.3 is 14.2 Å². The summed E-state index contributed by atoms with van der Waals surface area (Å²) in [6, 6.07) is 18.6. The smallest absolute Gasteiger partial charge is 0.398 e. The summed E-state index contributed by atoms with van der Waals surface area (Å²) < 4.78 is 17.7. The Morgan fingerprint density at radius 2 is 1.26 bits per heavy atom. The van der Waals surface area contributed by atoms with E-state index in [1.54, 1.807) is 0 Å². The fourth-order valence-corrected chi connectivity index (χ4v) is 3.43. The van der Waals surface area contributed by atoms with E-state index in [4.69, 9.17) is 14.2 Å². The number of ether oxygens (including phenoxy) is 3. The number of para-hydroxylation sites is 2. The van der Waals surface area contributed by atoms with E-state index in [1.807, 2.05) is 60.7 Å². The summed E-state index contributed by atoms with van der Waals surface area (Å²) >= 11 is 0. The molecule has 1 aliphatic carbocycles. The Morgan fingerprint density at radius 1 is 0.783 bits per heavy atom. The third-order valence-corrected chi connectivity index (χ3v) is 4.58. The van der Waals surface area contributed by atoms with Crippen molar-refractivity contribution in [3.05, 3.63) is 60.7 Å². The molecule has 4 nitrogen and oxygen atoms in total. The summed E-state index contributed by atoms with van der Waals surface area (Å²) in [4.78, 5) is 12.5. The van der Waals surface area contributed by atoms with Gasteiger partial charge in [0, 0.05) is 0 Å². The van der Waals surface area contributed by atoms with Crippen molar-refractivity contribution >= 4 is 5.97 Å². The molecule has 118 valence electrons. The highest BCUT2D eigenvalue weighted by atomic mass is 16.8. The largest absolute Gasteiger partial charge is 0.444 e. The van der Waals surface area contributed by atoms with Gasteiger partial charge in [0.2, 0.25) is 5.60 Å². The van der Waals surface area contributed by atoms with Crippen LogP contribution >= 0.6 is 0 Å². The first-order valence-electron chi connectivity index (χ1n) is 7.96. The maximum atomic E-state index is 12.5. The second-order valence-corrected chi connectivity index (χ2v) is 6.04. The third-order valence-electron chi connectivity index (χ3n) is 4.58. The fourth-order valence-electron chi connectivity index (χ4n) is 3.43. The van der Waals surface area contributed by atoms with E-state index in [9.17, 15) is 4.79 Å². The number of hydrogen-bond donors (Lipinski definition) is 0. The number of benzene rings is 2. The zero-order valence-electron chi connectivity index (χ0n) is 12.7. The molecule has 23 heavy (non-hydrogen) atoms. The molecule has 0 bridgehead atoms. The van der Waals surface area contributed by atoms with Crippen molar-refractivity contribution in [2.45, 2.75) is 37.1 Å². The second-order valence-electron chi connectivity index (χ2n) is 6.04. The average Bonchev–Trinajstić information content (AvgIpc) is 3.08. The van der Waals surface area contributed by atoms with Crippen LogP contribution in [0.5, 0.6) is 11.5 Å². The quantitative estimate of drug-likeness (QED) is 0.638. The Kier molecular flexibility index (Phi) is 3.26. The normalized spacial score (nSPS) is 20.6. The van der Waals surface area contributed by atoms with Gasteiger partial charge in [-0.1, -0.05) is 36.4 Å². The lowest BCUT2D eigenvalue weighted by atomic mass is 9.84. The molecule has 2 fully saturated rings. The number of hydrogen-bond acceptors (Lipinski definition) is 4. The standard InChI is InChI=1S/C19H18O4/c20-17-19(18(23-17)13-7-8-14-18,21-15-9-3-1-4-10-15)22-16-11-5-2-6-12-16/h1-6,9-12H,7-8,13-14H2. The van der Waals surface area contributed by atoms with Crippen molar-refractivity contribution in [1.82, 2.24) is 0 Å². The lowest BCUT2D eigenvalue weighted by Gasteiger charge is -2.52. The number of carbonyl (C=O) groups excluding carboxylic acids is 1. The molecular weight excluding hydrogens is 292 g/mol. The van der Waals surface area contributed by atoms with Crippen LogP contribution in [0.3, 0.4) is 0 Å². The Balaban J connectivity index is 1.72. The molecule has 4 rings (SSSR count). The van der Waals surface area contributed by atoms with Crippen molar-refractivity contribution in [3.63, 3.8) is 0 Å². The molecule has 1 saturated heterocycles. The summed E-state index contributed by atoms with van der Waals surface area (Å²) in [5, 5.41) is 0. The van der Waals surface area contributed by atoms with Gasteiger partial charge in [-0.2, -0.15) is 0 Å². The molecule has 2 aliphatic rings. The SMILES string of the molecule is O=C1OC2(CCCC2)C1(Oc1ccccc1)Oc1ccccc1. The third kappa shape index (κ3) is 2.17. The number of carbonyl (C=O) groups is 1. The maximum Gasteiger partial charge on any atom is 0.398 e. The molecule has 0 radical (unpaired) electrons. The summed E-state index contributed by atoms with van der Waals surface area (Å²) in [7, 11) is 0. The predicted octanol–water partition coefficient (Wildman–Crippen LogP) is 3.71. The van der Waals surface area contributed by atoms with E-state index in [2.05, 4.69) is 0 Å². The zero-order valence-corrected chi connectivity index (χ0v) is 12.7. The Morgan fingerprint density at radius 3 is 1.70 bits per heavy atom.